The number of rotatable bonds is 9. The summed E-state index contributed by atoms with van der Waals surface area (Å²) in [4.78, 5) is 25.7. The van der Waals surface area contributed by atoms with Crippen LogP contribution in [0.2, 0.25) is 0 Å². The van der Waals surface area contributed by atoms with E-state index in [0.29, 0.717) is 37.6 Å². The van der Waals surface area contributed by atoms with Gasteiger partial charge in [0.05, 0.1) is 19.5 Å². The summed E-state index contributed by atoms with van der Waals surface area (Å²) in [5.74, 6) is -0.381. The first-order chi connectivity index (χ1) is 12.8. The third-order valence-corrected chi connectivity index (χ3v) is 5.68. The van der Waals surface area contributed by atoms with Crippen molar-refractivity contribution in [1.29, 1.82) is 0 Å². The fourth-order valence-electron chi connectivity index (χ4n) is 2.79. The molecule has 0 aromatic heterocycles. The van der Waals surface area contributed by atoms with Gasteiger partial charge in [0, 0.05) is 50.4 Å². The van der Waals surface area contributed by atoms with Crippen LogP contribution < -0.4 is 5.32 Å². The van der Waals surface area contributed by atoms with E-state index in [2.05, 4.69) is 10.2 Å². The van der Waals surface area contributed by atoms with Gasteiger partial charge in [0.1, 0.15) is 0 Å². The maximum Gasteiger partial charge on any atom is 0.225 e. The SMILES string of the molecule is CC(=O)c1cccc(NC(=O)CCN(CCN2CCOCC2)S(C)(=O)=O)c1. The van der Waals surface area contributed by atoms with Crippen LogP contribution in [-0.4, -0.2) is 81.5 Å². The highest BCUT2D eigenvalue weighted by molar-refractivity contribution is 7.88. The van der Waals surface area contributed by atoms with E-state index in [1.165, 1.54) is 11.2 Å². The molecule has 0 spiro atoms. The Morgan fingerprint density at radius 2 is 1.93 bits per heavy atom. The summed E-state index contributed by atoms with van der Waals surface area (Å²) >= 11 is 0. The molecule has 1 aliphatic rings. The summed E-state index contributed by atoms with van der Waals surface area (Å²) in [6.45, 7) is 5.39. The molecule has 8 nitrogen and oxygen atoms in total. The van der Waals surface area contributed by atoms with Gasteiger partial charge < -0.3 is 10.1 Å². The van der Waals surface area contributed by atoms with Gasteiger partial charge in [-0.15, -0.1) is 0 Å². The van der Waals surface area contributed by atoms with Crippen LogP contribution in [0.1, 0.15) is 23.7 Å². The fourth-order valence-corrected chi connectivity index (χ4v) is 3.62. The minimum atomic E-state index is -3.40. The molecule has 1 aliphatic heterocycles. The summed E-state index contributed by atoms with van der Waals surface area (Å²) < 4.78 is 30.6. The Labute approximate surface area is 160 Å². The Hall–Kier alpha value is -1.81. The zero-order chi connectivity index (χ0) is 19.9. The molecule has 0 unspecified atom stereocenters. The number of sulfonamides is 1. The van der Waals surface area contributed by atoms with Crippen molar-refractivity contribution in [3.63, 3.8) is 0 Å². The summed E-state index contributed by atoms with van der Waals surface area (Å²) in [5.41, 5.74) is 1.03. The molecule has 1 N–H and O–H groups in total. The van der Waals surface area contributed by atoms with Gasteiger partial charge >= 0.3 is 0 Å². The van der Waals surface area contributed by atoms with Crippen LogP contribution in [0.3, 0.4) is 0 Å². The van der Waals surface area contributed by atoms with Crippen molar-refractivity contribution in [1.82, 2.24) is 9.21 Å². The molecule has 0 saturated carbocycles. The highest BCUT2D eigenvalue weighted by atomic mass is 32.2. The van der Waals surface area contributed by atoms with E-state index >= 15 is 0 Å². The van der Waals surface area contributed by atoms with Crippen molar-refractivity contribution in [2.24, 2.45) is 0 Å². The van der Waals surface area contributed by atoms with E-state index in [-0.39, 0.29) is 24.7 Å². The normalized spacial score (nSPS) is 15.7. The Bertz CT molecular complexity index is 760. The first kappa shape index (κ1) is 21.5. The first-order valence-electron chi connectivity index (χ1n) is 8.92. The summed E-state index contributed by atoms with van der Waals surface area (Å²) in [6.07, 6.45) is 1.20. The van der Waals surface area contributed by atoms with Crippen LogP contribution in [0.25, 0.3) is 0 Å². The fraction of sp³-hybridized carbons (Fsp3) is 0.556. The topological polar surface area (TPSA) is 96.0 Å². The van der Waals surface area contributed by atoms with Crippen LogP contribution in [0.5, 0.6) is 0 Å². The zero-order valence-electron chi connectivity index (χ0n) is 15.8. The van der Waals surface area contributed by atoms with Crippen LogP contribution in [0, 0.1) is 0 Å². The lowest BCUT2D eigenvalue weighted by Gasteiger charge is -2.29. The lowest BCUT2D eigenvalue weighted by Crippen LogP contribution is -2.43. The van der Waals surface area contributed by atoms with Crippen LogP contribution in [0.4, 0.5) is 5.69 Å². The van der Waals surface area contributed by atoms with Gasteiger partial charge in [-0.2, -0.15) is 0 Å². The van der Waals surface area contributed by atoms with Crippen LogP contribution in [0.15, 0.2) is 24.3 Å². The zero-order valence-corrected chi connectivity index (χ0v) is 16.6. The molecule has 0 atom stereocenters. The molecule has 1 saturated heterocycles. The summed E-state index contributed by atoms with van der Waals surface area (Å²) in [5, 5.41) is 2.71. The first-order valence-corrected chi connectivity index (χ1v) is 10.8. The third-order valence-electron chi connectivity index (χ3n) is 4.38. The number of amides is 1. The van der Waals surface area contributed by atoms with Crippen LogP contribution >= 0.6 is 0 Å². The lowest BCUT2D eigenvalue weighted by molar-refractivity contribution is -0.116. The Morgan fingerprint density at radius 3 is 2.56 bits per heavy atom. The molecule has 0 bridgehead atoms. The number of nitrogens with zero attached hydrogens (tertiary/aromatic N) is 2. The van der Waals surface area contributed by atoms with Crippen molar-refractivity contribution in [3.8, 4) is 0 Å². The van der Waals surface area contributed by atoms with Gasteiger partial charge in [-0.05, 0) is 19.1 Å². The molecular weight excluding hydrogens is 370 g/mol. The molecule has 1 amide bonds. The largest absolute Gasteiger partial charge is 0.379 e. The number of nitrogens with one attached hydrogen (secondary N) is 1. The number of morpholine rings is 1. The second-order valence-electron chi connectivity index (χ2n) is 6.55. The molecule has 1 aromatic carbocycles. The highest BCUT2D eigenvalue weighted by Crippen LogP contribution is 2.12. The molecule has 0 radical (unpaired) electrons. The van der Waals surface area contributed by atoms with Crippen LogP contribution in [-0.2, 0) is 19.6 Å². The molecule has 0 aliphatic carbocycles. The van der Waals surface area contributed by atoms with Gasteiger partial charge in [0.25, 0.3) is 0 Å². The minimum Gasteiger partial charge on any atom is -0.379 e. The maximum atomic E-state index is 12.2. The Kier molecular flexibility index (Phi) is 7.91. The average molecular weight is 397 g/mol. The Balaban J connectivity index is 1.87. The van der Waals surface area contributed by atoms with E-state index in [4.69, 9.17) is 4.74 Å². The number of hydrogen-bond donors (Lipinski definition) is 1. The lowest BCUT2D eigenvalue weighted by atomic mass is 10.1. The molecular formula is C18H27N3O5S. The molecule has 27 heavy (non-hydrogen) atoms. The minimum absolute atomic E-state index is 0.0421. The molecule has 9 heteroatoms. The Morgan fingerprint density at radius 1 is 1.22 bits per heavy atom. The van der Waals surface area contributed by atoms with Crippen molar-refractivity contribution in [2.45, 2.75) is 13.3 Å². The predicted molar refractivity (Wildman–Crippen MR) is 103 cm³/mol. The second-order valence-corrected chi connectivity index (χ2v) is 8.53. The average Bonchev–Trinajstić information content (AvgIpc) is 2.61. The standard InChI is InChI=1S/C18H27N3O5S/c1-15(22)16-4-3-5-17(14-16)19-18(23)6-7-21(27(2,24)25)9-8-20-10-12-26-13-11-20/h3-5,14H,6-13H2,1-2H3,(H,19,23). The highest BCUT2D eigenvalue weighted by Gasteiger charge is 2.20. The van der Waals surface area contributed by atoms with E-state index in [9.17, 15) is 18.0 Å². The number of benzene rings is 1. The number of carbonyl (C=O) groups is 2. The number of hydrogen-bond acceptors (Lipinski definition) is 6. The van der Waals surface area contributed by atoms with Crippen molar-refractivity contribution in [2.75, 3.05) is 57.5 Å². The van der Waals surface area contributed by atoms with E-state index in [1.54, 1.807) is 24.3 Å². The van der Waals surface area contributed by atoms with Gasteiger partial charge in [-0.3, -0.25) is 14.5 Å². The smallest absolute Gasteiger partial charge is 0.225 e. The molecule has 1 aromatic rings. The second kappa shape index (κ2) is 9.93. The number of ketones is 1. The van der Waals surface area contributed by atoms with Gasteiger partial charge in [-0.1, -0.05) is 12.1 Å². The predicted octanol–water partition coefficient (Wildman–Crippen LogP) is 0.812. The third kappa shape index (κ3) is 7.37. The van der Waals surface area contributed by atoms with Gasteiger partial charge in [0.2, 0.25) is 15.9 Å². The van der Waals surface area contributed by atoms with Gasteiger partial charge in [-0.25, -0.2) is 12.7 Å². The summed E-state index contributed by atoms with van der Waals surface area (Å²) in [7, 11) is -3.40. The molecule has 1 heterocycles. The monoisotopic (exact) mass is 397 g/mol. The van der Waals surface area contributed by atoms with E-state index in [0.717, 1.165) is 19.3 Å². The maximum absolute atomic E-state index is 12.2. The number of Topliss-reactive ketones (excluding diaryl/α,β-unsaturated/α-hetero) is 1. The number of carbonyl (C=O) groups excluding carboxylic acids is 2. The number of anilines is 1. The van der Waals surface area contributed by atoms with Crippen molar-refractivity contribution >= 4 is 27.4 Å². The molecule has 1 fully saturated rings. The van der Waals surface area contributed by atoms with E-state index in [1.807, 2.05) is 0 Å². The quantitative estimate of drug-likeness (QED) is 0.620. The van der Waals surface area contributed by atoms with E-state index < -0.39 is 10.0 Å². The molecule has 150 valence electrons. The van der Waals surface area contributed by atoms with Gasteiger partial charge in [0.15, 0.2) is 5.78 Å². The van der Waals surface area contributed by atoms with Crippen molar-refractivity contribution < 1.29 is 22.7 Å². The molecule has 2 rings (SSSR count). The number of ether oxygens (including phenoxy) is 1. The van der Waals surface area contributed by atoms with Crippen molar-refractivity contribution in [3.05, 3.63) is 29.8 Å². The summed E-state index contributed by atoms with van der Waals surface area (Å²) in [6, 6.07) is 6.66.